The van der Waals surface area contributed by atoms with Gasteiger partial charge in [-0.15, -0.1) is 11.8 Å². The van der Waals surface area contributed by atoms with E-state index in [2.05, 4.69) is 5.32 Å². The van der Waals surface area contributed by atoms with E-state index in [0.29, 0.717) is 18.0 Å². The molecular formula is C29H33ClN2O2S. The normalized spacial score (nSPS) is 12.6. The van der Waals surface area contributed by atoms with Gasteiger partial charge in [0.25, 0.3) is 0 Å². The van der Waals surface area contributed by atoms with Gasteiger partial charge in [-0.2, -0.15) is 0 Å². The molecule has 0 fully saturated rings. The van der Waals surface area contributed by atoms with Gasteiger partial charge in [0.05, 0.1) is 5.75 Å². The molecule has 0 bridgehead atoms. The van der Waals surface area contributed by atoms with E-state index in [9.17, 15) is 9.59 Å². The number of rotatable bonds is 11. The SMILES string of the molecule is CC[C@@H](C)NC(=O)[C@@H](Cc1ccccc1)N(Cc1ccc(C)cc1)C(=O)CSc1ccc(Cl)cc1. The molecule has 0 unspecified atom stereocenters. The Kier molecular flexibility index (Phi) is 10.2. The van der Waals surface area contributed by atoms with Crippen LogP contribution in [0.1, 0.15) is 37.0 Å². The maximum Gasteiger partial charge on any atom is 0.243 e. The molecule has 2 amide bonds. The first-order chi connectivity index (χ1) is 16.9. The first-order valence-electron chi connectivity index (χ1n) is 11.9. The zero-order valence-corrected chi connectivity index (χ0v) is 22.1. The molecule has 0 radical (unpaired) electrons. The Bertz CT molecular complexity index is 1090. The highest BCUT2D eigenvalue weighted by molar-refractivity contribution is 8.00. The largest absolute Gasteiger partial charge is 0.352 e. The summed E-state index contributed by atoms with van der Waals surface area (Å²) in [7, 11) is 0. The smallest absolute Gasteiger partial charge is 0.243 e. The molecule has 3 rings (SSSR count). The Morgan fingerprint density at radius 2 is 1.60 bits per heavy atom. The van der Waals surface area contributed by atoms with E-state index in [4.69, 9.17) is 11.6 Å². The van der Waals surface area contributed by atoms with Crippen molar-refractivity contribution in [3.63, 3.8) is 0 Å². The van der Waals surface area contributed by atoms with Gasteiger partial charge in [0.2, 0.25) is 11.8 Å². The lowest BCUT2D eigenvalue weighted by molar-refractivity contribution is -0.139. The minimum atomic E-state index is -0.619. The molecule has 4 nitrogen and oxygen atoms in total. The minimum absolute atomic E-state index is 0.0283. The predicted octanol–water partition coefficient (Wildman–Crippen LogP) is 6.30. The molecule has 35 heavy (non-hydrogen) atoms. The molecule has 1 N–H and O–H groups in total. The number of aryl methyl sites for hydroxylation is 1. The Morgan fingerprint density at radius 1 is 0.943 bits per heavy atom. The summed E-state index contributed by atoms with van der Waals surface area (Å²) in [6, 6.07) is 24.8. The third kappa shape index (κ3) is 8.44. The first-order valence-corrected chi connectivity index (χ1v) is 13.3. The number of carbonyl (C=O) groups excluding carboxylic acids is 2. The van der Waals surface area contributed by atoms with Crippen molar-refractivity contribution in [3.8, 4) is 0 Å². The molecule has 3 aromatic rings. The molecular weight excluding hydrogens is 476 g/mol. The number of carbonyl (C=O) groups is 2. The molecule has 3 aromatic carbocycles. The number of thioether (sulfide) groups is 1. The van der Waals surface area contributed by atoms with Crippen molar-refractivity contribution in [2.75, 3.05) is 5.75 Å². The second kappa shape index (κ2) is 13.4. The van der Waals surface area contributed by atoms with E-state index in [0.717, 1.165) is 28.0 Å². The van der Waals surface area contributed by atoms with Crippen molar-refractivity contribution in [1.29, 1.82) is 0 Å². The topological polar surface area (TPSA) is 49.4 Å². The van der Waals surface area contributed by atoms with Crippen LogP contribution in [0.4, 0.5) is 0 Å². The average Bonchev–Trinajstić information content (AvgIpc) is 2.87. The molecule has 0 aliphatic rings. The molecule has 0 saturated carbocycles. The number of amides is 2. The van der Waals surface area contributed by atoms with Crippen molar-refractivity contribution in [2.45, 2.75) is 57.1 Å². The summed E-state index contributed by atoms with van der Waals surface area (Å²) in [6.45, 7) is 6.42. The predicted molar refractivity (Wildman–Crippen MR) is 146 cm³/mol. The van der Waals surface area contributed by atoms with Crippen molar-refractivity contribution < 1.29 is 9.59 Å². The van der Waals surface area contributed by atoms with Gasteiger partial charge in [0.15, 0.2) is 0 Å². The van der Waals surface area contributed by atoms with Crippen molar-refractivity contribution in [1.82, 2.24) is 10.2 Å². The lowest BCUT2D eigenvalue weighted by atomic mass is 10.0. The van der Waals surface area contributed by atoms with Crippen LogP contribution in [0.5, 0.6) is 0 Å². The highest BCUT2D eigenvalue weighted by atomic mass is 35.5. The molecule has 0 aliphatic carbocycles. The zero-order chi connectivity index (χ0) is 25.2. The van der Waals surface area contributed by atoms with Crippen LogP contribution in [0.15, 0.2) is 83.8 Å². The molecule has 0 aromatic heterocycles. The zero-order valence-electron chi connectivity index (χ0n) is 20.5. The van der Waals surface area contributed by atoms with Crippen LogP contribution in [-0.4, -0.2) is 34.6 Å². The van der Waals surface area contributed by atoms with Crippen LogP contribution in [0.2, 0.25) is 5.02 Å². The average molecular weight is 509 g/mol. The summed E-state index contributed by atoms with van der Waals surface area (Å²) < 4.78 is 0. The standard InChI is InChI=1S/C29H33ClN2O2S/c1-4-22(3)31-29(34)27(18-23-8-6-5-7-9-23)32(19-24-12-10-21(2)11-13-24)28(33)20-35-26-16-14-25(30)15-17-26/h5-17,22,27H,4,18-20H2,1-3H3,(H,31,34)/t22-,27-/m1/s1. The number of benzene rings is 3. The Labute approximate surface area is 218 Å². The van der Waals surface area contributed by atoms with Gasteiger partial charge in [-0.25, -0.2) is 0 Å². The Balaban J connectivity index is 1.89. The summed E-state index contributed by atoms with van der Waals surface area (Å²) in [5.74, 6) is 0.0287. The van der Waals surface area contributed by atoms with Crippen LogP contribution in [-0.2, 0) is 22.6 Å². The van der Waals surface area contributed by atoms with E-state index in [1.807, 2.05) is 99.6 Å². The second-order valence-electron chi connectivity index (χ2n) is 8.77. The van der Waals surface area contributed by atoms with E-state index in [1.165, 1.54) is 11.8 Å². The van der Waals surface area contributed by atoms with Gasteiger partial charge in [-0.1, -0.05) is 78.7 Å². The third-order valence-corrected chi connectivity index (χ3v) is 7.17. The Morgan fingerprint density at radius 3 is 2.23 bits per heavy atom. The summed E-state index contributed by atoms with van der Waals surface area (Å²) >= 11 is 7.45. The number of hydrogen-bond donors (Lipinski definition) is 1. The van der Waals surface area contributed by atoms with Crippen molar-refractivity contribution in [3.05, 3.63) is 101 Å². The monoisotopic (exact) mass is 508 g/mol. The summed E-state index contributed by atoms with van der Waals surface area (Å²) in [6.07, 6.45) is 1.27. The number of nitrogens with one attached hydrogen (secondary N) is 1. The minimum Gasteiger partial charge on any atom is -0.352 e. The number of halogens is 1. The molecule has 184 valence electrons. The lowest BCUT2D eigenvalue weighted by Gasteiger charge is -2.32. The maximum atomic E-state index is 13.6. The first kappa shape index (κ1) is 26.8. The van der Waals surface area contributed by atoms with Crippen molar-refractivity contribution >= 4 is 35.2 Å². The quantitative estimate of drug-likeness (QED) is 0.309. The highest BCUT2D eigenvalue weighted by Gasteiger charge is 2.31. The lowest BCUT2D eigenvalue weighted by Crippen LogP contribution is -2.52. The fourth-order valence-corrected chi connectivity index (χ4v) is 4.55. The third-order valence-electron chi connectivity index (χ3n) is 5.92. The van der Waals surface area contributed by atoms with Gasteiger partial charge in [-0.3, -0.25) is 9.59 Å². The molecule has 0 spiro atoms. The van der Waals surface area contributed by atoms with E-state index in [-0.39, 0.29) is 23.6 Å². The fourth-order valence-electron chi connectivity index (χ4n) is 3.64. The van der Waals surface area contributed by atoms with Crippen LogP contribution in [0.25, 0.3) is 0 Å². The van der Waals surface area contributed by atoms with Crippen LogP contribution in [0, 0.1) is 6.92 Å². The van der Waals surface area contributed by atoms with Crippen LogP contribution in [0.3, 0.4) is 0 Å². The number of hydrogen-bond acceptors (Lipinski definition) is 3. The molecule has 2 atom stereocenters. The van der Waals surface area contributed by atoms with Crippen LogP contribution < -0.4 is 5.32 Å². The summed E-state index contributed by atoms with van der Waals surface area (Å²) in [5.41, 5.74) is 3.17. The van der Waals surface area contributed by atoms with Gasteiger partial charge in [0.1, 0.15) is 6.04 Å². The Hall–Kier alpha value is -2.76. The summed E-state index contributed by atoms with van der Waals surface area (Å²) in [4.78, 5) is 29.8. The highest BCUT2D eigenvalue weighted by Crippen LogP contribution is 2.23. The molecule has 0 saturated heterocycles. The molecule has 6 heteroatoms. The van der Waals surface area contributed by atoms with E-state index < -0.39 is 6.04 Å². The fraction of sp³-hybridized carbons (Fsp3) is 0.310. The van der Waals surface area contributed by atoms with Gasteiger partial charge >= 0.3 is 0 Å². The summed E-state index contributed by atoms with van der Waals surface area (Å²) in [5, 5.41) is 3.76. The van der Waals surface area contributed by atoms with Gasteiger partial charge in [-0.05, 0) is 55.7 Å². The number of nitrogens with zero attached hydrogens (tertiary/aromatic N) is 1. The van der Waals surface area contributed by atoms with Crippen molar-refractivity contribution in [2.24, 2.45) is 0 Å². The molecule has 0 heterocycles. The van der Waals surface area contributed by atoms with Gasteiger partial charge in [0, 0.05) is 28.9 Å². The van der Waals surface area contributed by atoms with Gasteiger partial charge < -0.3 is 10.2 Å². The molecule has 0 aliphatic heterocycles. The van der Waals surface area contributed by atoms with E-state index in [1.54, 1.807) is 4.90 Å². The van der Waals surface area contributed by atoms with Crippen LogP contribution >= 0.6 is 23.4 Å². The second-order valence-corrected chi connectivity index (χ2v) is 10.3. The maximum absolute atomic E-state index is 13.6. The van der Waals surface area contributed by atoms with E-state index >= 15 is 0 Å².